The van der Waals surface area contributed by atoms with Gasteiger partial charge in [0.25, 0.3) is 0 Å². The van der Waals surface area contributed by atoms with Gasteiger partial charge in [-0.25, -0.2) is 4.79 Å². The molecule has 2 fully saturated rings. The molecule has 1 saturated carbocycles. The largest absolute Gasteiger partial charge is 0.481 e. The van der Waals surface area contributed by atoms with Gasteiger partial charge in [0.05, 0.1) is 12.0 Å². The van der Waals surface area contributed by atoms with Crippen molar-refractivity contribution in [1.29, 1.82) is 0 Å². The molecule has 5 heteroatoms. The Morgan fingerprint density at radius 1 is 1.15 bits per heavy atom. The zero-order valence-electron chi connectivity index (χ0n) is 11.6. The van der Waals surface area contributed by atoms with Crippen molar-refractivity contribution in [3.63, 3.8) is 0 Å². The molecule has 0 aromatic rings. The number of hydrogen-bond acceptors (Lipinski definition) is 2. The van der Waals surface area contributed by atoms with Gasteiger partial charge in [-0.15, -0.1) is 0 Å². The molecule has 2 amide bonds. The van der Waals surface area contributed by atoms with E-state index in [2.05, 4.69) is 5.32 Å². The predicted octanol–water partition coefficient (Wildman–Crippen LogP) is 1.99. The van der Waals surface area contributed by atoms with Crippen LogP contribution in [0.15, 0.2) is 12.2 Å². The SMILES string of the molecule is O=C(O)C1C=CC(NC(=O)N2CCC3CCCCC32)C1. The van der Waals surface area contributed by atoms with Gasteiger partial charge in [-0.05, 0) is 31.6 Å². The van der Waals surface area contributed by atoms with Gasteiger partial charge in [0.2, 0.25) is 0 Å². The highest BCUT2D eigenvalue weighted by molar-refractivity contribution is 5.77. The average molecular weight is 278 g/mol. The van der Waals surface area contributed by atoms with E-state index in [1.54, 1.807) is 6.08 Å². The fourth-order valence-electron chi connectivity index (χ4n) is 3.89. The van der Waals surface area contributed by atoms with Crippen LogP contribution in [0.3, 0.4) is 0 Å². The molecular formula is C15H22N2O3. The van der Waals surface area contributed by atoms with Crippen LogP contribution in [0.25, 0.3) is 0 Å². The van der Waals surface area contributed by atoms with E-state index >= 15 is 0 Å². The number of nitrogens with one attached hydrogen (secondary N) is 1. The van der Waals surface area contributed by atoms with Gasteiger partial charge in [0, 0.05) is 12.6 Å². The second-order valence-corrected chi connectivity index (χ2v) is 6.22. The fraction of sp³-hybridized carbons (Fsp3) is 0.733. The van der Waals surface area contributed by atoms with Crippen molar-refractivity contribution in [2.75, 3.05) is 6.54 Å². The number of likely N-dealkylation sites (tertiary alicyclic amines) is 1. The van der Waals surface area contributed by atoms with Crippen LogP contribution in [0, 0.1) is 11.8 Å². The number of carboxylic acids is 1. The third kappa shape index (κ3) is 2.53. The van der Waals surface area contributed by atoms with E-state index in [0.717, 1.165) is 19.4 Å². The lowest BCUT2D eigenvalue weighted by Gasteiger charge is -2.32. The van der Waals surface area contributed by atoms with Crippen molar-refractivity contribution in [1.82, 2.24) is 10.2 Å². The summed E-state index contributed by atoms with van der Waals surface area (Å²) in [6.45, 7) is 0.847. The third-order valence-electron chi connectivity index (χ3n) is 4.98. The molecule has 2 aliphatic carbocycles. The van der Waals surface area contributed by atoms with Gasteiger partial charge in [0.1, 0.15) is 0 Å². The first-order valence-corrected chi connectivity index (χ1v) is 7.63. The van der Waals surface area contributed by atoms with E-state index < -0.39 is 11.9 Å². The van der Waals surface area contributed by atoms with Gasteiger partial charge < -0.3 is 15.3 Å². The third-order valence-corrected chi connectivity index (χ3v) is 4.98. The number of amides is 2. The van der Waals surface area contributed by atoms with E-state index in [1.165, 1.54) is 19.3 Å². The lowest BCUT2D eigenvalue weighted by atomic mass is 9.85. The normalized spacial score (nSPS) is 35.9. The number of carboxylic acid groups (broad SMARTS) is 1. The minimum atomic E-state index is -0.813. The summed E-state index contributed by atoms with van der Waals surface area (Å²) < 4.78 is 0. The summed E-state index contributed by atoms with van der Waals surface area (Å²) in [6.07, 6.45) is 9.97. The van der Waals surface area contributed by atoms with Crippen molar-refractivity contribution in [3.05, 3.63) is 12.2 Å². The van der Waals surface area contributed by atoms with Crippen LogP contribution in [0.2, 0.25) is 0 Å². The molecule has 0 aromatic carbocycles. The van der Waals surface area contributed by atoms with Crippen LogP contribution in [0.1, 0.15) is 38.5 Å². The first-order chi connectivity index (χ1) is 9.65. The van der Waals surface area contributed by atoms with Crippen molar-refractivity contribution in [2.24, 2.45) is 11.8 Å². The molecule has 110 valence electrons. The summed E-state index contributed by atoms with van der Waals surface area (Å²) >= 11 is 0. The second-order valence-electron chi connectivity index (χ2n) is 6.22. The number of hydrogen-bond donors (Lipinski definition) is 2. The minimum Gasteiger partial charge on any atom is -0.481 e. The molecular weight excluding hydrogens is 256 g/mol. The number of aliphatic carboxylic acids is 1. The maximum atomic E-state index is 12.4. The van der Waals surface area contributed by atoms with Crippen LogP contribution in [-0.2, 0) is 4.79 Å². The molecule has 0 aromatic heterocycles. The van der Waals surface area contributed by atoms with Crippen LogP contribution in [0.4, 0.5) is 4.79 Å². The number of carbonyl (C=O) groups is 2. The van der Waals surface area contributed by atoms with E-state index in [4.69, 9.17) is 5.11 Å². The molecule has 1 heterocycles. The highest BCUT2D eigenvalue weighted by Crippen LogP contribution is 2.36. The Hall–Kier alpha value is -1.52. The Balaban J connectivity index is 1.55. The number of carbonyl (C=O) groups excluding carboxylic acids is 1. The van der Waals surface area contributed by atoms with Crippen LogP contribution in [0.5, 0.6) is 0 Å². The van der Waals surface area contributed by atoms with Crippen LogP contribution in [-0.4, -0.2) is 40.6 Å². The van der Waals surface area contributed by atoms with Gasteiger partial charge in [-0.2, -0.15) is 0 Å². The molecule has 5 nitrogen and oxygen atoms in total. The summed E-state index contributed by atoms with van der Waals surface area (Å²) in [4.78, 5) is 25.2. The highest BCUT2D eigenvalue weighted by Gasteiger charge is 2.38. The monoisotopic (exact) mass is 278 g/mol. The number of urea groups is 1. The van der Waals surface area contributed by atoms with Crippen molar-refractivity contribution in [2.45, 2.75) is 50.6 Å². The Bertz CT molecular complexity index is 435. The summed E-state index contributed by atoms with van der Waals surface area (Å²) in [6, 6.07) is 0.260. The number of rotatable bonds is 2. The Labute approximate surface area is 119 Å². The van der Waals surface area contributed by atoms with Crippen LogP contribution < -0.4 is 5.32 Å². The second kappa shape index (κ2) is 5.46. The molecule has 2 N–H and O–H groups in total. The molecule has 0 bridgehead atoms. The lowest BCUT2D eigenvalue weighted by Crippen LogP contribution is -2.47. The molecule has 0 spiro atoms. The summed E-state index contributed by atoms with van der Waals surface area (Å²) in [7, 11) is 0. The van der Waals surface area contributed by atoms with Gasteiger partial charge in [0.15, 0.2) is 0 Å². The summed E-state index contributed by atoms with van der Waals surface area (Å²) in [5.74, 6) is -0.590. The lowest BCUT2D eigenvalue weighted by molar-refractivity contribution is -0.140. The Morgan fingerprint density at radius 2 is 1.95 bits per heavy atom. The quantitative estimate of drug-likeness (QED) is 0.759. The number of nitrogens with zero attached hydrogens (tertiary/aromatic N) is 1. The number of fused-ring (bicyclic) bond motifs is 1. The fourth-order valence-corrected chi connectivity index (χ4v) is 3.89. The maximum Gasteiger partial charge on any atom is 0.318 e. The van der Waals surface area contributed by atoms with E-state index in [0.29, 0.717) is 18.4 Å². The molecule has 3 rings (SSSR count). The Morgan fingerprint density at radius 3 is 2.70 bits per heavy atom. The topological polar surface area (TPSA) is 69.6 Å². The van der Waals surface area contributed by atoms with Crippen molar-refractivity contribution in [3.8, 4) is 0 Å². The highest BCUT2D eigenvalue weighted by atomic mass is 16.4. The summed E-state index contributed by atoms with van der Waals surface area (Å²) in [5, 5.41) is 11.9. The van der Waals surface area contributed by atoms with Gasteiger partial charge in [-0.1, -0.05) is 25.0 Å². The Kier molecular flexibility index (Phi) is 3.68. The standard InChI is InChI=1S/C15H22N2O3/c18-14(19)11-5-6-12(9-11)16-15(20)17-8-7-10-3-1-2-4-13(10)17/h5-6,10-13H,1-4,7-9H2,(H,16,20)(H,18,19). The van der Waals surface area contributed by atoms with Crippen LogP contribution >= 0.6 is 0 Å². The first-order valence-electron chi connectivity index (χ1n) is 7.63. The zero-order valence-corrected chi connectivity index (χ0v) is 11.6. The van der Waals surface area contributed by atoms with E-state index in [9.17, 15) is 9.59 Å². The maximum absolute atomic E-state index is 12.4. The molecule has 4 unspecified atom stereocenters. The molecule has 20 heavy (non-hydrogen) atoms. The van der Waals surface area contributed by atoms with E-state index in [-0.39, 0.29) is 12.1 Å². The minimum absolute atomic E-state index is 0.0138. The zero-order chi connectivity index (χ0) is 14.1. The van der Waals surface area contributed by atoms with Crippen molar-refractivity contribution < 1.29 is 14.7 Å². The summed E-state index contributed by atoms with van der Waals surface area (Å²) in [5.41, 5.74) is 0. The molecule has 0 radical (unpaired) electrons. The average Bonchev–Trinajstić information content (AvgIpc) is 3.04. The molecule has 1 saturated heterocycles. The predicted molar refractivity (Wildman–Crippen MR) is 74.3 cm³/mol. The molecule has 3 aliphatic rings. The van der Waals surface area contributed by atoms with E-state index in [1.807, 2.05) is 11.0 Å². The van der Waals surface area contributed by atoms with Crippen molar-refractivity contribution >= 4 is 12.0 Å². The van der Waals surface area contributed by atoms with Gasteiger partial charge in [-0.3, -0.25) is 4.79 Å². The molecule has 4 atom stereocenters. The first kappa shape index (κ1) is 13.5. The van der Waals surface area contributed by atoms with Gasteiger partial charge >= 0.3 is 12.0 Å². The smallest absolute Gasteiger partial charge is 0.318 e. The molecule has 1 aliphatic heterocycles.